The number of anilines is 2. The summed E-state index contributed by atoms with van der Waals surface area (Å²) < 4.78 is 11.0. The Balaban J connectivity index is 1.54. The van der Waals surface area contributed by atoms with Crippen LogP contribution in [0.5, 0.6) is 0 Å². The summed E-state index contributed by atoms with van der Waals surface area (Å²) >= 11 is 0. The number of amides is 2. The number of allylic oxidation sites excluding steroid dienone is 8. The van der Waals surface area contributed by atoms with Gasteiger partial charge in [0.25, 0.3) is 0 Å². The van der Waals surface area contributed by atoms with E-state index in [1.807, 2.05) is 43.4 Å². The van der Waals surface area contributed by atoms with Gasteiger partial charge in [0.2, 0.25) is 0 Å². The van der Waals surface area contributed by atoms with E-state index in [1.165, 1.54) is 18.3 Å². The Hall–Kier alpha value is -3.74. The summed E-state index contributed by atoms with van der Waals surface area (Å²) in [4.78, 5) is 29.5. The van der Waals surface area contributed by atoms with Gasteiger partial charge < -0.3 is 14.8 Å². The number of hydrogen-bond donors (Lipinski definition) is 1. The number of methoxy groups -OCH3 is 1. The third kappa shape index (κ3) is 4.38. The fourth-order valence-corrected chi connectivity index (χ4v) is 5.15. The van der Waals surface area contributed by atoms with Crippen LogP contribution in [-0.4, -0.2) is 38.4 Å². The summed E-state index contributed by atoms with van der Waals surface area (Å²) in [6, 6.07) is 5.58. The standard InChI is InChI=1S/C28H31N3O4/c1-18-8-5-4-6-10-22(18)21-12-13-24-25(15-21)30(17-19(2)31(24)28(33)34-3)27(32)35-26-14-20-9-7-11-23(26)29-16-20/h4-6,10,12-15,19,29H,7-9,11,16-17H2,1-3H3. The maximum absolute atomic E-state index is 13.6. The highest BCUT2D eigenvalue weighted by Crippen LogP contribution is 2.40. The van der Waals surface area contributed by atoms with Crippen LogP contribution in [0.15, 0.2) is 71.2 Å². The Kier molecular flexibility index (Phi) is 6.24. The van der Waals surface area contributed by atoms with Gasteiger partial charge in [0.1, 0.15) is 0 Å². The second kappa shape index (κ2) is 9.49. The summed E-state index contributed by atoms with van der Waals surface area (Å²) in [5.74, 6) is 0.603. The van der Waals surface area contributed by atoms with Crippen LogP contribution in [0, 0.1) is 0 Å². The highest BCUT2D eigenvalue weighted by molar-refractivity contribution is 6.02. The van der Waals surface area contributed by atoms with Crippen molar-refractivity contribution in [3.8, 4) is 0 Å². The Bertz CT molecular complexity index is 1210. The van der Waals surface area contributed by atoms with E-state index in [-0.39, 0.29) is 6.04 Å². The first kappa shape index (κ1) is 23.0. The quantitative estimate of drug-likeness (QED) is 0.586. The highest BCUT2D eigenvalue weighted by atomic mass is 16.6. The number of nitrogens with one attached hydrogen (secondary N) is 1. The van der Waals surface area contributed by atoms with Gasteiger partial charge in [-0.3, -0.25) is 9.80 Å². The molecule has 6 rings (SSSR count). The molecular formula is C28H31N3O4. The van der Waals surface area contributed by atoms with Crippen molar-refractivity contribution < 1.29 is 19.1 Å². The minimum atomic E-state index is -0.451. The van der Waals surface area contributed by atoms with Crippen LogP contribution in [0.3, 0.4) is 0 Å². The van der Waals surface area contributed by atoms with Gasteiger partial charge in [0.05, 0.1) is 36.8 Å². The van der Waals surface area contributed by atoms with Crippen molar-refractivity contribution >= 4 is 29.1 Å². The van der Waals surface area contributed by atoms with E-state index < -0.39 is 12.2 Å². The van der Waals surface area contributed by atoms with E-state index in [0.717, 1.165) is 49.1 Å². The SMILES string of the molecule is COC(=O)N1c2ccc(C3=C(C)CC=CC=C3)cc2N(C(=O)OC2=C3CCCC(=C2)CN3)CC1C. The smallest absolute Gasteiger partial charge is 0.419 e. The Morgan fingerprint density at radius 1 is 1.11 bits per heavy atom. The van der Waals surface area contributed by atoms with Crippen molar-refractivity contribution in [2.75, 3.05) is 30.0 Å². The molecule has 1 unspecified atom stereocenters. The molecule has 1 atom stereocenters. The van der Waals surface area contributed by atoms with Crippen molar-refractivity contribution in [1.29, 1.82) is 0 Å². The van der Waals surface area contributed by atoms with Crippen LogP contribution in [0.2, 0.25) is 0 Å². The predicted molar refractivity (Wildman–Crippen MR) is 137 cm³/mol. The number of benzene rings is 1. The number of fused-ring (bicyclic) bond motifs is 5. The number of carbonyl (C=O) groups is 2. The summed E-state index contributed by atoms with van der Waals surface area (Å²) in [6.07, 6.45) is 13.2. The molecule has 1 aromatic rings. The van der Waals surface area contributed by atoms with E-state index in [1.54, 1.807) is 9.80 Å². The molecule has 0 aromatic heterocycles. The van der Waals surface area contributed by atoms with Crippen LogP contribution >= 0.6 is 0 Å². The first-order valence-corrected chi connectivity index (χ1v) is 12.2. The highest BCUT2D eigenvalue weighted by Gasteiger charge is 2.37. The van der Waals surface area contributed by atoms with Crippen molar-refractivity contribution in [2.45, 2.75) is 45.6 Å². The molecule has 7 nitrogen and oxygen atoms in total. The first-order valence-electron chi connectivity index (χ1n) is 12.2. The average molecular weight is 474 g/mol. The molecule has 1 fully saturated rings. The van der Waals surface area contributed by atoms with E-state index in [9.17, 15) is 9.59 Å². The van der Waals surface area contributed by atoms with E-state index >= 15 is 0 Å². The van der Waals surface area contributed by atoms with Crippen molar-refractivity contribution in [3.63, 3.8) is 0 Å². The zero-order valence-corrected chi connectivity index (χ0v) is 20.5. The molecule has 35 heavy (non-hydrogen) atoms. The summed E-state index contributed by atoms with van der Waals surface area (Å²) in [5, 5.41) is 3.39. The molecule has 2 amide bonds. The Morgan fingerprint density at radius 2 is 1.97 bits per heavy atom. The van der Waals surface area contributed by atoms with E-state index in [2.05, 4.69) is 24.4 Å². The fraction of sp³-hybridized carbons (Fsp3) is 0.357. The minimum Gasteiger partial charge on any atom is -0.452 e. The number of carbonyl (C=O) groups excluding carboxylic acids is 2. The molecule has 182 valence electrons. The van der Waals surface area contributed by atoms with Gasteiger partial charge in [-0.05, 0) is 74.4 Å². The lowest BCUT2D eigenvalue weighted by atomic mass is 9.97. The summed E-state index contributed by atoms with van der Waals surface area (Å²) in [7, 11) is 1.37. The van der Waals surface area contributed by atoms with Crippen LogP contribution < -0.4 is 15.1 Å². The molecule has 2 aliphatic carbocycles. The van der Waals surface area contributed by atoms with E-state index in [0.29, 0.717) is 23.7 Å². The van der Waals surface area contributed by atoms with Crippen LogP contribution in [0.4, 0.5) is 21.0 Å². The van der Waals surface area contributed by atoms with Gasteiger partial charge in [0, 0.05) is 6.54 Å². The topological polar surface area (TPSA) is 71.1 Å². The molecular weight excluding hydrogens is 442 g/mol. The number of rotatable bonds is 2. The van der Waals surface area contributed by atoms with Crippen LogP contribution in [0.25, 0.3) is 5.57 Å². The summed E-state index contributed by atoms with van der Waals surface area (Å²) in [6.45, 7) is 5.12. The Labute approximate surface area is 206 Å². The fourth-order valence-electron chi connectivity index (χ4n) is 5.15. The molecule has 3 heterocycles. The monoisotopic (exact) mass is 473 g/mol. The predicted octanol–water partition coefficient (Wildman–Crippen LogP) is 5.82. The number of dihydropyridines is 1. The van der Waals surface area contributed by atoms with Gasteiger partial charge in [-0.25, -0.2) is 9.59 Å². The molecule has 0 saturated carbocycles. The lowest BCUT2D eigenvalue weighted by Gasteiger charge is -2.40. The summed E-state index contributed by atoms with van der Waals surface area (Å²) in [5.41, 5.74) is 6.81. The third-order valence-electron chi connectivity index (χ3n) is 6.99. The second-order valence-corrected chi connectivity index (χ2v) is 9.41. The zero-order chi connectivity index (χ0) is 24.5. The lowest BCUT2D eigenvalue weighted by Crippen LogP contribution is -2.52. The van der Waals surface area contributed by atoms with Crippen molar-refractivity contribution in [1.82, 2.24) is 5.32 Å². The van der Waals surface area contributed by atoms with Gasteiger partial charge in [0.15, 0.2) is 5.76 Å². The van der Waals surface area contributed by atoms with Crippen molar-refractivity contribution in [3.05, 3.63) is 76.7 Å². The first-order chi connectivity index (χ1) is 17.0. The molecule has 1 aromatic carbocycles. The van der Waals surface area contributed by atoms with Crippen molar-refractivity contribution in [2.24, 2.45) is 0 Å². The number of ether oxygens (including phenoxy) is 2. The second-order valence-electron chi connectivity index (χ2n) is 9.41. The molecule has 1 saturated heterocycles. The minimum absolute atomic E-state index is 0.281. The average Bonchev–Trinajstić information content (AvgIpc) is 3.30. The normalized spacial score (nSPS) is 21.2. The molecule has 0 radical (unpaired) electrons. The molecule has 7 heteroatoms. The maximum Gasteiger partial charge on any atom is 0.419 e. The zero-order valence-electron chi connectivity index (χ0n) is 20.5. The van der Waals surface area contributed by atoms with Gasteiger partial charge in [-0.2, -0.15) is 0 Å². The molecule has 1 N–H and O–H groups in total. The largest absolute Gasteiger partial charge is 0.452 e. The Morgan fingerprint density at radius 3 is 2.80 bits per heavy atom. The van der Waals surface area contributed by atoms with Gasteiger partial charge in [-0.15, -0.1) is 0 Å². The number of nitrogens with zero attached hydrogens (tertiary/aromatic N) is 2. The molecule has 0 spiro atoms. The van der Waals surface area contributed by atoms with Crippen LogP contribution in [0.1, 0.15) is 45.1 Å². The molecule has 2 bridgehead atoms. The third-order valence-corrected chi connectivity index (χ3v) is 6.99. The van der Waals surface area contributed by atoms with Gasteiger partial charge in [-0.1, -0.05) is 35.9 Å². The number of hydrogen-bond acceptors (Lipinski definition) is 5. The van der Waals surface area contributed by atoms with Crippen LogP contribution in [-0.2, 0) is 9.47 Å². The molecule has 5 aliphatic rings. The van der Waals surface area contributed by atoms with E-state index in [4.69, 9.17) is 9.47 Å². The van der Waals surface area contributed by atoms with Gasteiger partial charge >= 0.3 is 12.2 Å². The maximum atomic E-state index is 13.6. The molecule has 3 aliphatic heterocycles. The lowest BCUT2D eigenvalue weighted by molar-refractivity contribution is 0.173.